The highest BCUT2D eigenvalue weighted by Crippen LogP contribution is 2.23. The van der Waals surface area contributed by atoms with E-state index in [1.54, 1.807) is 18.3 Å². The Balaban J connectivity index is 2.04. The SMILES string of the molecule is CNCCCNc1cc(C(O)c2ccc(N)cc2)ccn1. The minimum atomic E-state index is -0.675. The first-order valence-electron chi connectivity index (χ1n) is 7.08. The number of aromatic nitrogens is 1. The Morgan fingerprint density at radius 2 is 1.90 bits per heavy atom. The molecule has 21 heavy (non-hydrogen) atoms. The summed E-state index contributed by atoms with van der Waals surface area (Å²) in [5, 5.41) is 16.8. The summed E-state index contributed by atoms with van der Waals surface area (Å²) in [6.07, 6.45) is 2.05. The summed E-state index contributed by atoms with van der Waals surface area (Å²) in [6, 6.07) is 10.9. The van der Waals surface area contributed by atoms with Crippen molar-refractivity contribution in [2.75, 3.05) is 31.2 Å². The van der Waals surface area contributed by atoms with E-state index in [1.807, 2.05) is 31.3 Å². The predicted octanol–water partition coefficient (Wildman–Crippen LogP) is 1.77. The maximum atomic E-state index is 10.4. The number of hydrogen-bond acceptors (Lipinski definition) is 5. The Bertz CT molecular complexity index is 556. The summed E-state index contributed by atoms with van der Waals surface area (Å²) in [6.45, 7) is 1.80. The van der Waals surface area contributed by atoms with Gasteiger partial charge in [-0.1, -0.05) is 12.1 Å². The molecule has 2 aromatic rings. The zero-order chi connectivity index (χ0) is 15.1. The molecule has 0 amide bonds. The molecular formula is C16H22N4O. The average molecular weight is 286 g/mol. The van der Waals surface area contributed by atoms with E-state index in [1.165, 1.54) is 0 Å². The van der Waals surface area contributed by atoms with Gasteiger partial charge in [-0.3, -0.25) is 0 Å². The fourth-order valence-electron chi connectivity index (χ4n) is 2.07. The molecule has 5 N–H and O–H groups in total. The molecule has 1 aromatic carbocycles. The number of rotatable bonds is 7. The molecule has 5 nitrogen and oxygen atoms in total. The van der Waals surface area contributed by atoms with Crippen molar-refractivity contribution < 1.29 is 5.11 Å². The third kappa shape index (κ3) is 4.44. The molecule has 0 aliphatic heterocycles. The number of nitrogens with two attached hydrogens (primary N) is 1. The van der Waals surface area contributed by atoms with Crippen molar-refractivity contribution in [2.45, 2.75) is 12.5 Å². The fraction of sp³-hybridized carbons (Fsp3) is 0.312. The summed E-state index contributed by atoms with van der Waals surface area (Å²) in [7, 11) is 1.93. The quantitative estimate of drug-likeness (QED) is 0.460. The summed E-state index contributed by atoms with van der Waals surface area (Å²) in [5.41, 5.74) is 7.98. The zero-order valence-electron chi connectivity index (χ0n) is 12.2. The minimum absolute atomic E-state index is 0.675. The molecular weight excluding hydrogens is 264 g/mol. The normalized spacial score (nSPS) is 12.1. The maximum Gasteiger partial charge on any atom is 0.126 e. The molecule has 1 atom stereocenters. The standard InChI is InChI=1S/C16H22N4O/c1-18-8-2-9-19-15-11-13(7-10-20-15)16(21)12-3-5-14(17)6-4-12/h3-7,10-11,16,18,21H,2,8-9,17H2,1H3,(H,19,20). The second kappa shape index (κ2) is 7.61. The highest BCUT2D eigenvalue weighted by molar-refractivity contribution is 5.44. The number of nitrogen functional groups attached to an aromatic ring is 1. The predicted molar refractivity (Wildman–Crippen MR) is 86.2 cm³/mol. The van der Waals surface area contributed by atoms with Gasteiger partial charge in [-0.2, -0.15) is 0 Å². The molecule has 0 aliphatic carbocycles. The molecule has 0 saturated heterocycles. The Morgan fingerprint density at radius 3 is 2.62 bits per heavy atom. The number of hydrogen-bond donors (Lipinski definition) is 4. The van der Waals surface area contributed by atoms with E-state index >= 15 is 0 Å². The van der Waals surface area contributed by atoms with E-state index in [4.69, 9.17) is 5.73 Å². The Kier molecular flexibility index (Phi) is 5.54. The van der Waals surface area contributed by atoms with Crippen LogP contribution in [0.25, 0.3) is 0 Å². The second-order valence-electron chi connectivity index (χ2n) is 4.93. The van der Waals surface area contributed by atoms with Gasteiger partial charge in [0, 0.05) is 18.4 Å². The number of nitrogens with one attached hydrogen (secondary N) is 2. The van der Waals surface area contributed by atoms with Crippen LogP contribution in [0.3, 0.4) is 0 Å². The monoisotopic (exact) mass is 286 g/mol. The molecule has 1 unspecified atom stereocenters. The van der Waals surface area contributed by atoms with Gasteiger partial charge in [-0.05, 0) is 55.4 Å². The van der Waals surface area contributed by atoms with Crippen LogP contribution in [0.15, 0.2) is 42.6 Å². The second-order valence-corrected chi connectivity index (χ2v) is 4.93. The Morgan fingerprint density at radius 1 is 1.14 bits per heavy atom. The summed E-state index contributed by atoms with van der Waals surface area (Å²) < 4.78 is 0. The number of aliphatic hydroxyl groups is 1. The van der Waals surface area contributed by atoms with Gasteiger partial charge in [0.1, 0.15) is 11.9 Å². The first-order chi connectivity index (χ1) is 10.2. The van der Waals surface area contributed by atoms with Crippen LogP contribution < -0.4 is 16.4 Å². The smallest absolute Gasteiger partial charge is 0.126 e. The number of pyridine rings is 1. The molecule has 0 fully saturated rings. The average Bonchev–Trinajstić information content (AvgIpc) is 2.52. The first-order valence-corrected chi connectivity index (χ1v) is 7.08. The van der Waals surface area contributed by atoms with Crippen molar-refractivity contribution in [3.63, 3.8) is 0 Å². The van der Waals surface area contributed by atoms with Crippen molar-refractivity contribution in [2.24, 2.45) is 0 Å². The summed E-state index contributed by atoms with van der Waals surface area (Å²) in [5.74, 6) is 0.776. The van der Waals surface area contributed by atoms with Crippen LogP contribution in [0.4, 0.5) is 11.5 Å². The van der Waals surface area contributed by atoms with Gasteiger partial charge in [0.05, 0.1) is 0 Å². The highest BCUT2D eigenvalue weighted by Gasteiger charge is 2.11. The molecule has 2 rings (SSSR count). The zero-order valence-corrected chi connectivity index (χ0v) is 12.2. The van der Waals surface area contributed by atoms with Gasteiger partial charge in [0.2, 0.25) is 0 Å². The molecule has 1 heterocycles. The van der Waals surface area contributed by atoms with Gasteiger partial charge in [0.25, 0.3) is 0 Å². The topological polar surface area (TPSA) is 83.2 Å². The summed E-state index contributed by atoms with van der Waals surface area (Å²) >= 11 is 0. The minimum Gasteiger partial charge on any atom is -0.399 e. The van der Waals surface area contributed by atoms with Crippen LogP contribution in [-0.2, 0) is 0 Å². The molecule has 0 radical (unpaired) electrons. The maximum absolute atomic E-state index is 10.4. The van der Waals surface area contributed by atoms with E-state index in [0.717, 1.165) is 36.5 Å². The number of anilines is 2. The molecule has 5 heteroatoms. The van der Waals surface area contributed by atoms with E-state index in [2.05, 4.69) is 15.6 Å². The van der Waals surface area contributed by atoms with Gasteiger partial charge in [-0.25, -0.2) is 4.98 Å². The van der Waals surface area contributed by atoms with Crippen LogP contribution in [-0.4, -0.2) is 30.2 Å². The third-order valence-electron chi connectivity index (χ3n) is 3.26. The van der Waals surface area contributed by atoms with Crippen LogP contribution in [0, 0.1) is 0 Å². The molecule has 0 bridgehead atoms. The molecule has 1 aromatic heterocycles. The lowest BCUT2D eigenvalue weighted by molar-refractivity contribution is 0.220. The van der Waals surface area contributed by atoms with E-state index in [-0.39, 0.29) is 0 Å². The highest BCUT2D eigenvalue weighted by atomic mass is 16.3. The fourth-order valence-corrected chi connectivity index (χ4v) is 2.07. The van der Waals surface area contributed by atoms with Crippen molar-refractivity contribution in [3.05, 3.63) is 53.7 Å². The van der Waals surface area contributed by atoms with E-state index < -0.39 is 6.10 Å². The molecule has 0 spiro atoms. The van der Waals surface area contributed by atoms with Crippen molar-refractivity contribution in [1.82, 2.24) is 10.3 Å². The molecule has 0 saturated carbocycles. The third-order valence-corrected chi connectivity index (χ3v) is 3.26. The van der Waals surface area contributed by atoms with E-state index in [0.29, 0.717) is 5.69 Å². The lowest BCUT2D eigenvalue weighted by Gasteiger charge is -2.13. The molecule has 112 valence electrons. The van der Waals surface area contributed by atoms with Crippen LogP contribution >= 0.6 is 0 Å². The Hall–Kier alpha value is -2.11. The van der Waals surface area contributed by atoms with Gasteiger partial charge < -0.3 is 21.5 Å². The van der Waals surface area contributed by atoms with Gasteiger partial charge in [0.15, 0.2) is 0 Å². The van der Waals surface area contributed by atoms with Crippen molar-refractivity contribution >= 4 is 11.5 Å². The van der Waals surface area contributed by atoms with Crippen LogP contribution in [0.1, 0.15) is 23.7 Å². The van der Waals surface area contributed by atoms with Crippen molar-refractivity contribution in [3.8, 4) is 0 Å². The van der Waals surface area contributed by atoms with E-state index in [9.17, 15) is 5.11 Å². The van der Waals surface area contributed by atoms with Crippen LogP contribution in [0.2, 0.25) is 0 Å². The number of nitrogens with zero attached hydrogens (tertiary/aromatic N) is 1. The number of aliphatic hydroxyl groups excluding tert-OH is 1. The van der Waals surface area contributed by atoms with Gasteiger partial charge >= 0.3 is 0 Å². The van der Waals surface area contributed by atoms with Crippen LogP contribution in [0.5, 0.6) is 0 Å². The lowest BCUT2D eigenvalue weighted by atomic mass is 10.0. The Labute approximate surface area is 125 Å². The van der Waals surface area contributed by atoms with Crippen molar-refractivity contribution in [1.29, 1.82) is 0 Å². The largest absolute Gasteiger partial charge is 0.399 e. The molecule has 0 aliphatic rings. The number of benzene rings is 1. The van der Waals surface area contributed by atoms with Gasteiger partial charge in [-0.15, -0.1) is 0 Å². The lowest BCUT2D eigenvalue weighted by Crippen LogP contribution is -2.13. The summed E-state index contributed by atoms with van der Waals surface area (Å²) in [4.78, 5) is 4.26. The first kappa shape index (κ1) is 15.3.